The van der Waals surface area contributed by atoms with Gasteiger partial charge in [-0.15, -0.1) is 0 Å². The van der Waals surface area contributed by atoms with Crippen LogP contribution in [-0.4, -0.2) is 19.7 Å². The van der Waals surface area contributed by atoms with E-state index < -0.39 is 0 Å². The molecule has 0 spiro atoms. The normalized spacial score (nSPS) is 12.9. The Morgan fingerprint density at radius 1 is 1.26 bits per heavy atom. The molecule has 19 heavy (non-hydrogen) atoms. The molecule has 1 aromatic rings. The molecule has 0 saturated heterocycles. The van der Waals surface area contributed by atoms with Crippen molar-refractivity contribution in [3.05, 3.63) is 35.4 Å². The van der Waals surface area contributed by atoms with Crippen molar-refractivity contribution in [1.82, 2.24) is 5.32 Å². The average Bonchev–Trinajstić information content (AvgIpc) is 2.37. The van der Waals surface area contributed by atoms with Gasteiger partial charge >= 0.3 is 0 Å². The molecule has 1 unspecified atom stereocenters. The molecule has 2 nitrogen and oxygen atoms in total. The third-order valence-electron chi connectivity index (χ3n) is 3.18. The molecule has 1 rings (SSSR count). The van der Waals surface area contributed by atoms with Gasteiger partial charge in [-0.3, -0.25) is 0 Å². The SMILES string of the molecule is CCCNCC(OCCC(C)C)c1cccc(C)c1. The summed E-state index contributed by atoms with van der Waals surface area (Å²) in [4.78, 5) is 0. The van der Waals surface area contributed by atoms with E-state index in [9.17, 15) is 0 Å². The lowest BCUT2D eigenvalue weighted by Crippen LogP contribution is -2.24. The van der Waals surface area contributed by atoms with Crippen molar-refractivity contribution in [3.63, 3.8) is 0 Å². The van der Waals surface area contributed by atoms with Crippen LogP contribution in [0, 0.1) is 12.8 Å². The monoisotopic (exact) mass is 263 g/mol. The smallest absolute Gasteiger partial charge is 0.0949 e. The fourth-order valence-corrected chi connectivity index (χ4v) is 2.00. The summed E-state index contributed by atoms with van der Waals surface area (Å²) in [6.45, 7) is 11.6. The fraction of sp³-hybridized carbons (Fsp3) is 0.647. The topological polar surface area (TPSA) is 21.3 Å². The predicted octanol–water partition coefficient (Wildman–Crippen LogP) is 4.10. The van der Waals surface area contributed by atoms with Crippen LogP contribution in [0.25, 0.3) is 0 Å². The zero-order valence-electron chi connectivity index (χ0n) is 12.9. The molecule has 0 heterocycles. The number of hydrogen-bond acceptors (Lipinski definition) is 2. The highest BCUT2D eigenvalue weighted by Crippen LogP contribution is 2.19. The third kappa shape index (κ3) is 6.74. The van der Waals surface area contributed by atoms with Crippen LogP contribution in [0.1, 0.15) is 50.8 Å². The van der Waals surface area contributed by atoms with Crippen molar-refractivity contribution in [2.24, 2.45) is 5.92 Å². The molecule has 0 radical (unpaired) electrons. The second-order valence-corrected chi connectivity index (χ2v) is 5.66. The van der Waals surface area contributed by atoms with E-state index >= 15 is 0 Å². The molecule has 108 valence electrons. The summed E-state index contributed by atoms with van der Waals surface area (Å²) in [5, 5.41) is 3.47. The second-order valence-electron chi connectivity index (χ2n) is 5.66. The van der Waals surface area contributed by atoms with Gasteiger partial charge in [0.25, 0.3) is 0 Å². The quantitative estimate of drug-likeness (QED) is 0.677. The summed E-state index contributed by atoms with van der Waals surface area (Å²) >= 11 is 0. The molecule has 0 aliphatic heterocycles. The van der Waals surface area contributed by atoms with Crippen LogP contribution < -0.4 is 5.32 Å². The van der Waals surface area contributed by atoms with Crippen LogP contribution in [0.4, 0.5) is 0 Å². The van der Waals surface area contributed by atoms with E-state index in [1.54, 1.807) is 0 Å². The summed E-state index contributed by atoms with van der Waals surface area (Å²) in [7, 11) is 0. The first-order chi connectivity index (χ1) is 9.13. The summed E-state index contributed by atoms with van der Waals surface area (Å²) in [6, 6.07) is 8.64. The van der Waals surface area contributed by atoms with Crippen LogP contribution in [-0.2, 0) is 4.74 Å². The molecular formula is C17H29NO. The second kappa shape index (κ2) is 9.11. The molecule has 0 amide bonds. The fourth-order valence-electron chi connectivity index (χ4n) is 2.00. The van der Waals surface area contributed by atoms with Crippen molar-refractivity contribution < 1.29 is 4.74 Å². The molecule has 1 N–H and O–H groups in total. The van der Waals surface area contributed by atoms with Gasteiger partial charge in [0.2, 0.25) is 0 Å². The lowest BCUT2D eigenvalue weighted by atomic mass is 10.1. The summed E-state index contributed by atoms with van der Waals surface area (Å²) in [5.41, 5.74) is 2.58. The number of aryl methyl sites for hydroxylation is 1. The summed E-state index contributed by atoms with van der Waals surface area (Å²) in [5.74, 6) is 0.696. The number of hydrogen-bond donors (Lipinski definition) is 1. The molecule has 0 aliphatic rings. The van der Waals surface area contributed by atoms with Crippen LogP contribution in [0.3, 0.4) is 0 Å². The van der Waals surface area contributed by atoms with E-state index in [1.807, 2.05) is 0 Å². The molecule has 0 aromatic heterocycles. The first-order valence-corrected chi connectivity index (χ1v) is 7.52. The Morgan fingerprint density at radius 2 is 2.05 bits per heavy atom. The minimum Gasteiger partial charge on any atom is -0.372 e. The number of ether oxygens (including phenoxy) is 1. The van der Waals surface area contributed by atoms with Gasteiger partial charge < -0.3 is 10.1 Å². The maximum absolute atomic E-state index is 6.08. The Morgan fingerprint density at radius 3 is 2.68 bits per heavy atom. The minimum absolute atomic E-state index is 0.171. The van der Waals surface area contributed by atoms with Gasteiger partial charge in [0, 0.05) is 13.2 Å². The van der Waals surface area contributed by atoms with Crippen molar-refractivity contribution in [1.29, 1.82) is 0 Å². The first kappa shape index (κ1) is 16.2. The van der Waals surface area contributed by atoms with Gasteiger partial charge in [-0.25, -0.2) is 0 Å². The van der Waals surface area contributed by atoms with Crippen LogP contribution in [0.5, 0.6) is 0 Å². The average molecular weight is 263 g/mol. The van der Waals surface area contributed by atoms with E-state index in [-0.39, 0.29) is 6.10 Å². The van der Waals surface area contributed by atoms with E-state index in [0.29, 0.717) is 5.92 Å². The highest BCUT2D eigenvalue weighted by Gasteiger charge is 2.12. The van der Waals surface area contributed by atoms with Crippen molar-refractivity contribution in [3.8, 4) is 0 Å². The Labute approximate surface area is 118 Å². The molecule has 0 fully saturated rings. The molecule has 0 bridgehead atoms. The standard InChI is InChI=1S/C17H29NO/c1-5-10-18-13-17(19-11-9-14(2)3)16-8-6-7-15(4)12-16/h6-8,12,14,17-18H,5,9-11,13H2,1-4H3. The van der Waals surface area contributed by atoms with Crippen LogP contribution in [0.15, 0.2) is 24.3 Å². The van der Waals surface area contributed by atoms with Gasteiger partial charge in [0.15, 0.2) is 0 Å². The highest BCUT2D eigenvalue weighted by molar-refractivity contribution is 5.24. The van der Waals surface area contributed by atoms with E-state index in [4.69, 9.17) is 4.74 Å². The van der Waals surface area contributed by atoms with Crippen molar-refractivity contribution in [2.75, 3.05) is 19.7 Å². The van der Waals surface area contributed by atoms with E-state index in [1.165, 1.54) is 11.1 Å². The Bertz CT molecular complexity index is 349. The van der Waals surface area contributed by atoms with Crippen molar-refractivity contribution in [2.45, 2.75) is 46.6 Å². The largest absolute Gasteiger partial charge is 0.372 e. The highest BCUT2D eigenvalue weighted by atomic mass is 16.5. The third-order valence-corrected chi connectivity index (χ3v) is 3.18. The molecule has 0 aliphatic carbocycles. The lowest BCUT2D eigenvalue weighted by Gasteiger charge is -2.20. The summed E-state index contributed by atoms with van der Waals surface area (Å²) in [6.07, 6.45) is 2.45. The molecule has 1 atom stereocenters. The number of nitrogens with one attached hydrogen (secondary N) is 1. The van der Waals surface area contributed by atoms with Gasteiger partial charge in [-0.05, 0) is 37.8 Å². The van der Waals surface area contributed by atoms with Crippen LogP contribution in [0.2, 0.25) is 0 Å². The predicted molar refractivity (Wildman–Crippen MR) is 82.5 cm³/mol. The maximum atomic E-state index is 6.08. The molecule has 2 heteroatoms. The lowest BCUT2D eigenvalue weighted by molar-refractivity contribution is 0.0459. The zero-order chi connectivity index (χ0) is 14.1. The molecule has 1 aromatic carbocycles. The van der Waals surface area contributed by atoms with Gasteiger partial charge in [0.1, 0.15) is 0 Å². The molecule has 0 saturated carbocycles. The minimum atomic E-state index is 0.171. The molecular weight excluding hydrogens is 234 g/mol. The summed E-state index contributed by atoms with van der Waals surface area (Å²) < 4.78 is 6.08. The van der Waals surface area contributed by atoms with E-state index in [2.05, 4.69) is 57.3 Å². The Kier molecular flexibility index (Phi) is 7.76. The van der Waals surface area contributed by atoms with Gasteiger partial charge in [-0.2, -0.15) is 0 Å². The van der Waals surface area contributed by atoms with E-state index in [0.717, 1.165) is 32.5 Å². The Balaban J connectivity index is 2.57. The number of benzene rings is 1. The maximum Gasteiger partial charge on any atom is 0.0949 e. The van der Waals surface area contributed by atoms with Crippen molar-refractivity contribution >= 4 is 0 Å². The van der Waals surface area contributed by atoms with Gasteiger partial charge in [-0.1, -0.05) is 50.6 Å². The zero-order valence-corrected chi connectivity index (χ0v) is 12.9. The number of rotatable bonds is 9. The first-order valence-electron chi connectivity index (χ1n) is 7.52. The Hall–Kier alpha value is -0.860. The van der Waals surface area contributed by atoms with Gasteiger partial charge in [0.05, 0.1) is 6.10 Å². The van der Waals surface area contributed by atoms with Crippen LogP contribution >= 0.6 is 0 Å².